The van der Waals surface area contributed by atoms with Crippen LogP contribution in [0, 0.1) is 0 Å². The minimum Gasteiger partial charge on any atom is -0.484 e. The number of rotatable bonds is 7. The average molecular weight is 500 g/mol. The number of hydrogen-bond acceptors (Lipinski definition) is 6. The fourth-order valence-corrected chi connectivity index (χ4v) is 4.04. The Balaban J connectivity index is 1.37. The van der Waals surface area contributed by atoms with Crippen LogP contribution >= 0.6 is 0 Å². The van der Waals surface area contributed by atoms with E-state index in [1.54, 1.807) is 60.1 Å². The molecule has 0 unspecified atom stereocenters. The predicted molar refractivity (Wildman–Crippen MR) is 138 cm³/mol. The van der Waals surface area contributed by atoms with Gasteiger partial charge in [-0.2, -0.15) is 0 Å². The number of ether oxygens (including phenoxy) is 2. The maximum Gasteiger partial charge on any atom is 0.265 e. The Morgan fingerprint density at radius 2 is 1.97 bits per heavy atom. The van der Waals surface area contributed by atoms with Crippen LogP contribution in [0.3, 0.4) is 0 Å². The van der Waals surface area contributed by atoms with Crippen LogP contribution in [0.5, 0.6) is 11.5 Å². The van der Waals surface area contributed by atoms with E-state index < -0.39 is 0 Å². The number of nitrogens with one attached hydrogen (secondary N) is 2. The van der Waals surface area contributed by atoms with Gasteiger partial charge in [-0.25, -0.2) is 4.98 Å². The lowest BCUT2D eigenvalue weighted by Gasteiger charge is -2.19. The molecular weight excluding hydrogens is 474 g/mol. The van der Waals surface area contributed by atoms with E-state index in [0.29, 0.717) is 46.3 Å². The SMILES string of the molecule is CCc1nc2ccc(C(=O)Nc3ccc4c(c3)OCC(=O)N4)cn2c1N(C)C(=O)COc1ccccc1. The summed E-state index contributed by atoms with van der Waals surface area (Å²) in [5.74, 6) is 0.835. The lowest BCUT2D eigenvalue weighted by Crippen LogP contribution is -2.33. The van der Waals surface area contributed by atoms with Gasteiger partial charge < -0.3 is 20.1 Å². The molecule has 5 rings (SSSR count). The Morgan fingerprint density at radius 3 is 2.76 bits per heavy atom. The molecule has 0 spiro atoms. The third kappa shape index (κ3) is 4.94. The van der Waals surface area contributed by atoms with Crippen LogP contribution in [-0.4, -0.2) is 47.4 Å². The second kappa shape index (κ2) is 10.0. The van der Waals surface area contributed by atoms with Gasteiger partial charge in [0, 0.05) is 25.0 Å². The molecule has 0 aliphatic carbocycles. The number of imidazole rings is 1. The molecule has 3 heterocycles. The van der Waals surface area contributed by atoms with E-state index >= 15 is 0 Å². The first-order valence-corrected chi connectivity index (χ1v) is 11.8. The highest BCUT2D eigenvalue weighted by molar-refractivity contribution is 6.05. The Labute approximate surface area is 212 Å². The Bertz CT molecular complexity index is 1500. The smallest absolute Gasteiger partial charge is 0.265 e. The van der Waals surface area contributed by atoms with Crippen molar-refractivity contribution in [2.75, 3.05) is 35.8 Å². The number of nitrogens with zero attached hydrogens (tertiary/aromatic N) is 3. The summed E-state index contributed by atoms with van der Waals surface area (Å²) in [6, 6.07) is 17.5. The zero-order valence-electron chi connectivity index (χ0n) is 20.4. The van der Waals surface area contributed by atoms with E-state index in [1.165, 1.54) is 4.90 Å². The number of aryl methyl sites for hydroxylation is 1. The van der Waals surface area contributed by atoms with Crippen molar-refractivity contribution in [3.8, 4) is 11.5 Å². The topological polar surface area (TPSA) is 114 Å². The molecule has 0 saturated carbocycles. The Hall–Kier alpha value is -4.86. The molecular formula is C27H25N5O5. The van der Waals surface area contributed by atoms with E-state index in [9.17, 15) is 14.4 Å². The fraction of sp³-hybridized carbons (Fsp3) is 0.185. The third-order valence-corrected chi connectivity index (χ3v) is 5.93. The van der Waals surface area contributed by atoms with Crippen LogP contribution in [0.15, 0.2) is 66.9 Å². The highest BCUT2D eigenvalue weighted by atomic mass is 16.5. The number of carbonyl (C=O) groups is 3. The summed E-state index contributed by atoms with van der Waals surface area (Å²) in [6.07, 6.45) is 2.25. The number of fused-ring (bicyclic) bond motifs is 2. The Morgan fingerprint density at radius 1 is 1.16 bits per heavy atom. The van der Waals surface area contributed by atoms with Gasteiger partial charge in [0.15, 0.2) is 13.2 Å². The van der Waals surface area contributed by atoms with Crippen LogP contribution in [0.1, 0.15) is 23.0 Å². The molecule has 37 heavy (non-hydrogen) atoms. The Kier molecular flexibility index (Phi) is 6.46. The van der Waals surface area contributed by atoms with Crippen LogP contribution in [0.4, 0.5) is 17.2 Å². The normalized spacial score (nSPS) is 12.3. The number of amides is 3. The monoisotopic (exact) mass is 499 g/mol. The molecule has 1 aliphatic heterocycles. The van der Waals surface area contributed by atoms with Crippen molar-refractivity contribution in [1.82, 2.24) is 9.38 Å². The summed E-state index contributed by atoms with van der Waals surface area (Å²) in [4.78, 5) is 43.7. The van der Waals surface area contributed by atoms with Crippen LogP contribution in [0.25, 0.3) is 5.65 Å². The first kappa shape index (κ1) is 23.9. The van der Waals surface area contributed by atoms with Crippen molar-refractivity contribution < 1.29 is 23.9 Å². The lowest BCUT2D eigenvalue weighted by molar-refractivity contribution is -0.120. The number of likely N-dealkylation sites (N-methyl/N-ethyl adjacent to an activating group) is 1. The standard InChI is InChI=1S/C27H25N5O5/c1-3-20-27(31(2)25(34)16-36-19-7-5-4-6-8-19)32-14-17(9-12-23(32)29-20)26(35)28-18-10-11-21-22(13-18)37-15-24(33)30-21/h4-14H,3,15-16H2,1-2H3,(H,28,35)(H,30,33). The maximum atomic E-state index is 13.1. The first-order valence-electron chi connectivity index (χ1n) is 11.8. The quantitative estimate of drug-likeness (QED) is 0.402. The molecule has 0 fully saturated rings. The molecule has 10 heteroatoms. The second-order valence-electron chi connectivity index (χ2n) is 8.44. The zero-order valence-corrected chi connectivity index (χ0v) is 20.4. The number of aromatic nitrogens is 2. The van der Waals surface area contributed by atoms with E-state index in [0.717, 1.165) is 5.69 Å². The van der Waals surface area contributed by atoms with Gasteiger partial charge in [0.25, 0.3) is 17.7 Å². The average Bonchev–Trinajstić information content (AvgIpc) is 3.29. The second-order valence-corrected chi connectivity index (χ2v) is 8.44. The van der Waals surface area contributed by atoms with E-state index in [2.05, 4.69) is 15.6 Å². The van der Waals surface area contributed by atoms with Crippen molar-refractivity contribution in [2.45, 2.75) is 13.3 Å². The molecule has 10 nitrogen and oxygen atoms in total. The number of para-hydroxylation sites is 1. The van der Waals surface area contributed by atoms with E-state index in [1.807, 2.05) is 25.1 Å². The number of anilines is 3. The van der Waals surface area contributed by atoms with Gasteiger partial charge >= 0.3 is 0 Å². The molecule has 0 atom stereocenters. The van der Waals surface area contributed by atoms with Gasteiger partial charge in [-0.1, -0.05) is 25.1 Å². The van der Waals surface area contributed by atoms with Crippen molar-refractivity contribution in [1.29, 1.82) is 0 Å². The summed E-state index contributed by atoms with van der Waals surface area (Å²) in [7, 11) is 1.66. The number of carbonyl (C=O) groups excluding carboxylic acids is 3. The highest BCUT2D eigenvalue weighted by Crippen LogP contribution is 2.31. The minimum atomic E-state index is -0.346. The van der Waals surface area contributed by atoms with Crippen molar-refractivity contribution in [2.24, 2.45) is 0 Å². The van der Waals surface area contributed by atoms with Crippen LogP contribution in [0.2, 0.25) is 0 Å². The van der Waals surface area contributed by atoms with Gasteiger partial charge in [0.05, 0.1) is 16.9 Å². The molecule has 188 valence electrons. The number of benzene rings is 2. The summed E-state index contributed by atoms with van der Waals surface area (Å²) < 4.78 is 12.8. The molecule has 0 bridgehead atoms. The van der Waals surface area contributed by atoms with Crippen molar-refractivity contribution >= 4 is 40.6 Å². The van der Waals surface area contributed by atoms with Gasteiger partial charge in [0.2, 0.25) is 0 Å². The van der Waals surface area contributed by atoms with Crippen LogP contribution in [-0.2, 0) is 16.0 Å². The molecule has 2 aromatic carbocycles. The molecule has 3 amide bonds. The first-order chi connectivity index (χ1) is 17.9. The summed E-state index contributed by atoms with van der Waals surface area (Å²) >= 11 is 0. The molecule has 2 N–H and O–H groups in total. The highest BCUT2D eigenvalue weighted by Gasteiger charge is 2.22. The van der Waals surface area contributed by atoms with Gasteiger partial charge in [-0.3, -0.25) is 23.7 Å². The van der Waals surface area contributed by atoms with Crippen LogP contribution < -0.4 is 25.0 Å². The predicted octanol–water partition coefficient (Wildman–Crippen LogP) is 3.52. The summed E-state index contributed by atoms with van der Waals surface area (Å²) in [5.41, 5.74) is 2.79. The summed E-state index contributed by atoms with van der Waals surface area (Å²) in [6.45, 7) is 1.74. The van der Waals surface area contributed by atoms with Gasteiger partial charge in [-0.05, 0) is 42.8 Å². The largest absolute Gasteiger partial charge is 0.484 e. The molecule has 4 aromatic rings. The summed E-state index contributed by atoms with van der Waals surface area (Å²) in [5, 5.41) is 5.57. The lowest BCUT2D eigenvalue weighted by atomic mass is 10.2. The van der Waals surface area contributed by atoms with Crippen molar-refractivity contribution in [3.05, 3.63) is 78.1 Å². The van der Waals surface area contributed by atoms with E-state index in [-0.39, 0.29) is 30.9 Å². The third-order valence-electron chi connectivity index (χ3n) is 5.93. The number of pyridine rings is 1. The molecule has 0 saturated heterocycles. The van der Waals surface area contributed by atoms with E-state index in [4.69, 9.17) is 9.47 Å². The van der Waals surface area contributed by atoms with Crippen molar-refractivity contribution in [3.63, 3.8) is 0 Å². The zero-order chi connectivity index (χ0) is 25.9. The minimum absolute atomic E-state index is 0.0765. The molecule has 2 aromatic heterocycles. The molecule has 0 radical (unpaired) electrons. The maximum absolute atomic E-state index is 13.1. The van der Waals surface area contributed by atoms with Gasteiger partial charge in [0.1, 0.15) is 23.0 Å². The fourth-order valence-electron chi connectivity index (χ4n) is 4.04. The number of hydrogen-bond donors (Lipinski definition) is 2. The van der Waals surface area contributed by atoms with Gasteiger partial charge in [-0.15, -0.1) is 0 Å². The molecule has 1 aliphatic rings.